The van der Waals surface area contributed by atoms with E-state index in [1.165, 1.54) is 0 Å². The Morgan fingerprint density at radius 3 is 2.69 bits per heavy atom. The van der Waals surface area contributed by atoms with Gasteiger partial charge in [0.25, 0.3) is 0 Å². The Labute approximate surface area is 110 Å². The fourth-order valence-electron chi connectivity index (χ4n) is 1.32. The van der Waals surface area contributed by atoms with Gasteiger partial charge in [0.2, 0.25) is 0 Å². The molecule has 1 aromatic rings. The molecule has 90 valence electrons. The number of hydrogen-bond donors (Lipinski definition) is 1. The zero-order valence-corrected chi connectivity index (χ0v) is 12.3. The Kier molecular flexibility index (Phi) is 5.83. The first kappa shape index (κ1) is 14.0. The third-order valence-corrected chi connectivity index (χ3v) is 3.77. The molecule has 0 aromatic heterocycles. The third kappa shape index (κ3) is 4.45. The van der Waals surface area contributed by atoms with Crippen molar-refractivity contribution in [2.75, 3.05) is 26.4 Å². The van der Waals surface area contributed by atoms with Crippen molar-refractivity contribution in [1.29, 1.82) is 0 Å². The number of aliphatic hydroxyl groups is 1. The summed E-state index contributed by atoms with van der Waals surface area (Å²) in [5.41, 5.74) is 1.01. The number of benzene rings is 1. The molecule has 16 heavy (non-hydrogen) atoms. The summed E-state index contributed by atoms with van der Waals surface area (Å²) in [6, 6.07) is 6.02. The maximum atomic E-state index is 9.66. The summed E-state index contributed by atoms with van der Waals surface area (Å²) in [5.74, 6) is 1.03. The Morgan fingerprint density at radius 2 is 2.12 bits per heavy atom. The number of aliphatic hydroxyl groups excluding tert-OH is 1. The Hall–Kier alpha value is -0.0300. The second-order valence-corrected chi connectivity index (χ2v) is 6.06. The van der Waals surface area contributed by atoms with Gasteiger partial charge < -0.3 is 10.0 Å². The van der Waals surface area contributed by atoms with Crippen LogP contribution in [0.1, 0.15) is 18.6 Å². The molecule has 4 heteroatoms. The van der Waals surface area contributed by atoms with Gasteiger partial charge in [-0.1, -0.05) is 22.0 Å². The SMILES string of the molecule is CC(O)c1ccc(Br)cc1SCCN(C)C. The second-order valence-electron chi connectivity index (χ2n) is 4.01. The minimum absolute atomic E-state index is 0.407. The third-order valence-electron chi connectivity index (χ3n) is 2.22. The number of hydrogen-bond acceptors (Lipinski definition) is 3. The van der Waals surface area contributed by atoms with Crippen LogP contribution in [0.3, 0.4) is 0 Å². The lowest BCUT2D eigenvalue weighted by Gasteiger charge is -2.13. The summed E-state index contributed by atoms with van der Waals surface area (Å²) < 4.78 is 1.06. The topological polar surface area (TPSA) is 23.5 Å². The van der Waals surface area contributed by atoms with E-state index < -0.39 is 6.10 Å². The van der Waals surface area contributed by atoms with E-state index in [9.17, 15) is 5.11 Å². The zero-order chi connectivity index (χ0) is 12.1. The lowest BCUT2D eigenvalue weighted by molar-refractivity contribution is 0.196. The standard InChI is InChI=1S/C12H18BrNOS/c1-9(15)11-5-4-10(13)8-12(11)16-7-6-14(2)3/h4-5,8-9,15H,6-7H2,1-3H3. The molecule has 0 aliphatic rings. The molecule has 0 fully saturated rings. The first-order valence-electron chi connectivity index (χ1n) is 5.25. The molecule has 0 heterocycles. The highest BCUT2D eigenvalue weighted by Crippen LogP contribution is 2.30. The minimum Gasteiger partial charge on any atom is -0.389 e. The van der Waals surface area contributed by atoms with E-state index in [1.807, 2.05) is 12.1 Å². The summed E-state index contributed by atoms with van der Waals surface area (Å²) in [5, 5.41) is 9.66. The molecule has 2 nitrogen and oxygen atoms in total. The van der Waals surface area contributed by atoms with Gasteiger partial charge in [0.15, 0.2) is 0 Å². The molecular weight excluding hydrogens is 286 g/mol. The summed E-state index contributed by atoms with van der Waals surface area (Å²) in [6.07, 6.45) is -0.407. The van der Waals surface area contributed by atoms with E-state index in [1.54, 1.807) is 18.7 Å². The predicted molar refractivity (Wildman–Crippen MR) is 74.1 cm³/mol. The van der Waals surface area contributed by atoms with Gasteiger partial charge in [-0.15, -0.1) is 11.8 Å². The van der Waals surface area contributed by atoms with E-state index in [0.717, 1.165) is 27.2 Å². The molecule has 0 aliphatic carbocycles. The maximum Gasteiger partial charge on any atom is 0.0772 e. The zero-order valence-electron chi connectivity index (χ0n) is 9.90. The van der Waals surface area contributed by atoms with Crippen LogP contribution in [0.25, 0.3) is 0 Å². The van der Waals surface area contributed by atoms with Crippen molar-refractivity contribution in [2.45, 2.75) is 17.9 Å². The van der Waals surface area contributed by atoms with Crippen molar-refractivity contribution in [2.24, 2.45) is 0 Å². The number of halogens is 1. The molecule has 1 unspecified atom stereocenters. The molecule has 1 rings (SSSR count). The fourth-order valence-corrected chi connectivity index (χ4v) is 3.12. The second kappa shape index (κ2) is 6.64. The highest BCUT2D eigenvalue weighted by atomic mass is 79.9. The summed E-state index contributed by atoms with van der Waals surface area (Å²) in [6.45, 7) is 2.84. The number of nitrogens with zero attached hydrogens (tertiary/aromatic N) is 1. The van der Waals surface area contributed by atoms with Crippen molar-refractivity contribution in [1.82, 2.24) is 4.90 Å². The van der Waals surface area contributed by atoms with Crippen LogP contribution in [0.15, 0.2) is 27.6 Å². The van der Waals surface area contributed by atoms with Gasteiger partial charge in [0, 0.05) is 21.7 Å². The van der Waals surface area contributed by atoms with Gasteiger partial charge >= 0.3 is 0 Å². The molecule has 1 N–H and O–H groups in total. The van der Waals surface area contributed by atoms with Crippen LogP contribution in [0.5, 0.6) is 0 Å². The van der Waals surface area contributed by atoms with Crippen LogP contribution in [-0.4, -0.2) is 36.4 Å². The Balaban J connectivity index is 2.72. The van der Waals surface area contributed by atoms with E-state index in [4.69, 9.17) is 0 Å². The van der Waals surface area contributed by atoms with Crippen LogP contribution in [-0.2, 0) is 0 Å². The summed E-state index contributed by atoms with van der Waals surface area (Å²) in [7, 11) is 4.13. The van der Waals surface area contributed by atoms with Crippen LogP contribution in [0, 0.1) is 0 Å². The van der Waals surface area contributed by atoms with Crippen LogP contribution in [0.4, 0.5) is 0 Å². The summed E-state index contributed by atoms with van der Waals surface area (Å²) >= 11 is 5.25. The molecule has 1 atom stereocenters. The molecule has 0 amide bonds. The first-order valence-corrected chi connectivity index (χ1v) is 7.03. The number of thioether (sulfide) groups is 1. The average molecular weight is 304 g/mol. The van der Waals surface area contributed by atoms with Crippen molar-refractivity contribution >= 4 is 27.7 Å². The fraction of sp³-hybridized carbons (Fsp3) is 0.500. The highest BCUT2D eigenvalue weighted by molar-refractivity contribution is 9.10. The van der Waals surface area contributed by atoms with Crippen molar-refractivity contribution in [3.8, 4) is 0 Å². The van der Waals surface area contributed by atoms with Gasteiger partial charge in [-0.05, 0) is 38.7 Å². The van der Waals surface area contributed by atoms with E-state index in [2.05, 4.69) is 41.0 Å². The Morgan fingerprint density at radius 1 is 1.44 bits per heavy atom. The van der Waals surface area contributed by atoms with E-state index in [0.29, 0.717) is 0 Å². The lowest BCUT2D eigenvalue weighted by atomic mass is 10.1. The highest BCUT2D eigenvalue weighted by Gasteiger charge is 2.08. The molecule has 0 saturated carbocycles. The predicted octanol–water partition coefficient (Wildman–Crippen LogP) is 3.16. The van der Waals surface area contributed by atoms with Gasteiger partial charge in [-0.25, -0.2) is 0 Å². The van der Waals surface area contributed by atoms with Crippen molar-refractivity contribution in [3.63, 3.8) is 0 Å². The molecule has 0 aliphatic heterocycles. The van der Waals surface area contributed by atoms with Crippen LogP contribution < -0.4 is 0 Å². The average Bonchev–Trinajstić information content (AvgIpc) is 2.16. The first-order chi connectivity index (χ1) is 7.50. The van der Waals surface area contributed by atoms with Crippen LogP contribution in [0.2, 0.25) is 0 Å². The van der Waals surface area contributed by atoms with Gasteiger partial charge in [-0.2, -0.15) is 0 Å². The molecule has 0 radical (unpaired) electrons. The Bertz CT molecular complexity index is 342. The van der Waals surface area contributed by atoms with Gasteiger partial charge in [-0.3, -0.25) is 0 Å². The van der Waals surface area contributed by atoms with Crippen molar-refractivity contribution in [3.05, 3.63) is 28.2 Å². The van der Waals surface area contributed by atoms with Crippen molar-refractivity contribution < 1.29 is 5.11 Å². The minimum atomic E-state index is -0.407. The molecule has 1 aromatic carbocycles. The normalized spacial score (nSPS) is 13.1. The smallest absolute Gasteiger partial charge is 0.0772 e. The van der Waals surface area contributed by atoms with Gasteiger partial charge in [0.1, 0.15) is 0 Å². The quantitative estimate of drug-likeness (QED) is 0.845. The van der Waals surface area contributed by atoms with Gasteiger partial charge in [0.05, 0.1) is 6.10 Å². The number of rotatable bonds is 5. The molecular formula is C12H18BrNOS. The summed E-state index contributed by atoms with van der Waals surface area (Å²) in [4.78, 5) is 3.32. The van der Waals surface area contributed by atoms with E-state index in [-0.39, 0.29) is 0 Å². The monoisotopic (exact) mass is 303 g/mol. The lowest BCUT2D eigenvalue weighted by Crippen LogP contribution is -2.14. The molecule has 0 saturated heterocycles. The van der Waals surface area contributed by atoms with E-state index >= 15 is 0 Å². The molecule has 0 bridgehead atoms. The largest absolute Gasteiger partial charge is 0.389 e. The maximum absolute atomic E-state index is 9.66. The van der Waals surface area contributed by atoms with Crippen LogP contribution >= 0.6 is 27.7 Å². The molecule has 0 spiro atoms.